The van der Waals surface area contributed by atoms with Crippen molar-refractivity contribution in [2.24, 2.45) is 5.92 Å². The van der Waals surface area contributed by atoms with Crippen LogP contribution in [0.4, 0.5) is 0 Å². The maximum atomic E-state index is 11.9. The molecule has 1 aromatic carbocycles. The van der Waals surface area contributed by atoms with Gasteiger partial charge in [-0.15, -0.1) is 11.8 Å². The van der Waals surface area contributed by atoms with E-state index in [9.17, 15) is 9.59 Å². The van der Waals surface area contributed by atoms with E-state index in [1.165, 1.54) is 24.4 Å². The third-order valence-electron chi connectivity index (χ3n) is 2.83. The first-order valence-corrected chi connectivity index (χ1v) is 7.49. The quantitative estimate of drug-likeness (QED) is 0.647. The fourth-order valence-corrected chi connectivity index (χ4v) is 2.33. The standard InChI is InChI=1S/C15H21NO3S/c1-10(2)14(15(18)19-4)16-13(17)9-20-12-7-5-11(3)6-8-12/h5-8,10,14H,9H2,1-4H3,(H,16,17). The maximum Gasteiger partial charge on any atom is 0.328 e. The summed E-state index contributed by atoms with van der Waals surface area (Å²) < 4.78 is 4.69. The highest BCUT2D eigenvalue weighted by atomic mass is 32.2. The van der Waals surface area contributed by atoms with Crippen LogP contribution in [0.1, 0.15) is 19.4 Å². The van der Waals surface area contributed by atoms with Gasteiger partial charge in [0.15, 0.2) is 0 Å². The molecule has 0 radical (unpaired) electrons. The molecule has 0 saturated carbocycles. The molecule has 0 aliphatic rings. The van der Waals surface area contributed by atoms with Crippen LogP contribution in [-0.2, 0) is 14.3 Å². The minimum atomic E-state index is -0.592. The van der Waals surface area contributed by atoms with Crippen LogP contribution in [0.25, 0.3) is 0 Å². The Morgan fingerprint density at radius 1 is 1.25 bits per heavy atom. The number of thioether (sulfide) groups is 1. The van der Waals surface area contributed by atoms with Crippen molar-refractivity contribution in [3.63, 3.8) is 0 Å². The molecule has 1 N–H and O–H groups in total. The van der Waals surface area contributed by atoms with Crippen LogP contribution < -0.4 is 5.32 Å². The number of methoxy groups -OCH3 is 1. The summed E-state index contributed by atoms with van der Waals surface area (Å²) in [5.74, 6) is -0.298. The molecular weight excluding hydrogens is 274 g/mol. The van der Waals surface area contributed by atoms with E-state index in [4.69, 9.17) is 4.74 Å². The van der Waals surface area contributed by atoms with E-state index in [2.05, 4.69) is 5.32 Å². The minimum absolute atomic E-state index is 0.00391. The third-order valence-corrected chi connectivity index (χ3v) is 3.84. The first-order chi connectivity index (χ1) is 9.43. The topological polar surface area (TPSA) is 55.4 Å². The lowest BCUT2D eigenvalue weighted by Crippen LogP contribution is -2.45. The highest BCUT2D eigenvalue weighted by molar-refractivity contribution is 8.00. The summed E-state index contributed by atoms with van der Waals surface area (Å²) in [6.07, 6.45) is 0. The predicted molar refractivity (Wildman–Crippen MR) is 80.7 cm³/mol. The van der Waals surface area contributed by atoms with Crippen molar-refractivity contribution >= 4 is 23.6 Å². The lowest BCUT2D eigenvalue weighted by atomic mass is 10.1. The smallest absolute Gasteiger partial charge is 0.328 e. The van der Waals surface area contributed by atoms with Crippen LogP contribution in [0.15, 0.2) is 29.2 Å². The lowest BCUT2D eigenvalue weighted by Gasteiger charge is -2.19. The van der Waals surface area contributed by atoms with Gasteiger partial charge in [0.2, 0.25) is 5.91 Å². The summed E-state index contributed by atoms with van der Waals surface area (Å²) in [4.78, 5) is 24.5. The molecule has 4 nitrogen and oxygen atoms in total. The Balaban J connectivity index is 2.49. The van der Waals surface area contributed by atoms with Gasteiger partial charge in [-0.2, -0.15) is 0 Å². The fourth-order valence-electron chi connectivity index (χ4n) is 1.62. The largest absolute Gasteiger partial charge is 0.467 e. The van der Waals surface area contributed by atoms with E-state index in [1.807, 2.05) is 45.0 Å². The van der Waals surface area contributed by atoms with Crippen molar-refractivity contribution in [2.45, 2.75) is 31.7 Å². The van der Waals surface area contributed by atoms with Crippen LogP contribution in [0, 0.1) is 12.8 Å². The van der Waals surface area contributed by atoms with Crippen molar-refractivity contribution in [3.8, 4) is 0 Å². The average Bonchev–Trinajstić information content (AvgIpc) is 2.43. The molecule has 1 atom stereocenters. The van der Waals surface area contributed by atoms with E-state index in [0.717, 1.165) is 4.90 Å². The summed E-state index contributed by atoms with van der Waals surface area (Å²) in [7, 11) is 1.32. The van der Waals surface area contributed by atoms with Crippen molar-refractivity contribution in [1.29, 1.82) is 0 Å². The van der Waals surface area contributed by atoms with Gasteiger partial charge in [-0.1, -0.05) is 31.5 Å². The van der Waals surface area contributed by atoms with Gasteiger partial charge < -0.3 is 10.1 Å². The van der Waals surface area contributed by atoms with Gasteiger partial charge in [0.25, 0.3) is 0 Å². The van der Waals surface area contributed by atoms with E-state index in [0.29, 0.717) is 0 Å². The van der Waals surface area contributed by atoms with Gasteiger partial charge in [-0.3, -0.25) is 4.79 Å². The second-order valence-electron chi connectivity index (χ2n) is 4.91. The van der Waals surface area contributed by atoms with Crippen molar-refractivity contribution in [2.75, 3.05) is 12.9 Å². The Morgan fingerprint density at radius 3 is 2.35 bits per heavy atom. The predicted octanol–water partition coefficient (Wildman–Crippen LogP) is 2.40. The van der Waals surface area contributed by atoms with Crippen LogP contribution in [0.3, 0.4) is 0 Å². The molecule has 0 aromatic heterocycles. The summed E-state index contributed by atoms with van der Waals surface area (Å²) in [6, 6.07) is 7.38. The molecule has 0 heterocycles. The molecule has 1 aromatic rings. The van der Waals surface area contributed by atoms with Gasteiger partial charge in [0.1, 0.15) is 6.04 Å². The molecule has 0 aliphatic heterocycles. The van der Waals surface area contributed by atoms with Crippen molar-refractivity contribution in [3.05, 3.63) is 29.8 Å². The van der Waals surface area contributed by atoms with Crippen LogP contribution in [-0.4, -0.2) is 30.8 Å². The fraction of sp³-hybridized carbons (Fsp3) is 0.467. The minimum Gasteiger partial charge on any atom is -0.467 e. The zero-order valence-corrected chi connectivity index (χ0v) is 13.1. The number of amides is 1. The molecule has 0 fully saturated rings. The number of ether oxygens (including phenoxy) is 1. The summed E-state index contributed by atoms with van der Waals surface area (Å²) >= 11 is 1.45. The molecule has 5 heteroatoms. The summed E-state index contributed by atoms with van der Waals surface area (Å²) in [5, 5.41) is 2.71. The van der Waals surface area contributed by atoms with Gasteiger partial charge >= 0.3 is 5.97 Å². The SMILES string of the molecule is COC(=O)C(NC(=O)CSc1ccc(C)cc1)C(C)C. The normalized spacial score (nSPS) is 12.1. The number of hydrogen-bond donors (Lipinski definition) is 1. The van der Waals surface area contributed by atoms with Gasteiger partial charge in [0, 0.05) is 4.90 Å². The zero-order valence-electron chi connectivity index (χ0n) is 12.3. The number of benzene rings is 1. The third kappa shape index (κ3) is 5.25. The number of hydrogen-bond acceptors (Lipinski definition) is 4. The molecule has 1 unspecified atom stereocenters. The molecule has 0 spiro atoms. The van der Waals surface area contributed by atoms with Crippen LogP contribution in [0.2, 0.25) is 0 Å². The Bertz CT molecular complexity index is 457. The lowest BCUT2D eigenvalue weighted by molar-refractivity contribution is -0.146. The number of nitrogens with one attached hydrogen (secondary N) is 1. The van der Waals surface area contributed by atoms with E-state index in [-0.39, 0.29) is 17.6 Å². The number of aryl methyl sites for hydroxylation is 1. The average molecular weight is 295 g/mol. The second kappa shape index (κ2) is 7.94. The van der Waals surface area contributed by atoms with Crippen LogP contribution in [0.5, 0.6) is 0 Å². The Labute approximate surface area is 124 Å². The molecule has 20 heavy (non-hydrogen) atoms. The number of carbonyl (C=O) groups excluding carboxylic acids is 2. The molecule has 1 rings (SSSR count). The van der Waals surface area contributed by atoms with E-state index >= 15 is 0 Å². The number of rotatable bonds is 6. The van der Waals surface area contributed by atoms with Gasteiger partial charge in [0.05, 0.1) is 12.9 Å². The monoisotopic (exact) mass is 295 g/mol. The number of esters is 1. The Morgan fingerprint density at radius 2 is 1.85 bits per heavy atom. The molecule has 0 aliphatic carbocycles. The highest BCUT2D eigenvalue weighted by Crippen LogP contribution is 2.18. The maximum absolute atomic E-state index is 11.9. The van der Waals surface area contributed by atoms with E-state index in [1.54, 1.807) is 0 Å². The first-order valence-electron chi connectivity index (χ1n) is 6.50. The van der Waals surface area contributed by atoms with Crippen molar-refractivity contribution < 1.29 is 14.3 Å². The van der Waals surface area contributed by atoms with Crippen molar-refractivity contribution in [1.82, 2.24) is 5.32 Å². The molecule has 110 valence electrons. The molecule has 0 bridgehead atoms. The second-order valence-corrected chi connectivity index (χ2v) is 5.96. The number of carbonyl (C=O) groups is 2. The first kappa shape index (κ1) is 16.6. The summed E-state index contributed by atoms with van der Waals surface area (Å²) in [5.41, 5.74) is 1.18. The highest BCUT2D eigenvalue weighted by Gasteiger charge is 2.24. The zero-order chi connectivity index (χ0) is 15.1. The Hall–Kier alpha value is -1.49. The summed E-state index contributed by atoms with van der Waals surface area (Å²) in [6.45, 7) is 5.76. The van der Waals surface area contributed by atoms with Crippen LogP contribution >= 0.6 is 11.8 Å². The molecular formula is C15H21NO3S. The van der Waals surface area contributed by atoms with Gasteiger partial charge in [-0.05, 0) is 25.0 Å². The molecule has 0 saturated heterocycles. The van der Waals surface area contributed by atoms with Gasteiger partial charge in [-0.25, -0.2) is 4.79 Å². The van der Waals surface area contributed by atoms with E-state index < -0.39 is 12.0 Å². The molecule has 1 amide bonds. The Kier molecular flexibility index (Phi) is 6.58.